The van der Waals surface area contributed by atoms with Gasteiger partial charge in [0.05, 0.1) is 17.5 Å². The zero-order valence-electron chi connectivity index (χ0n) is 21.3. The normalized spacial score (nSPS) is 12.6. The van der Waals surface area contributed by atoms with Crippen molar-refractivity contribution in [1.29, 1.82) is 0 Å². The average Bonchev–Trinajstić information content (AvgIpc) is 2.84. The molecule has 2 amide bonds. The molecule has 0 fully saturated rings. The lowest BCUT2D eigenvalue weighted by Crippen LogP contribution is -2.53. The first-order valence-corrected chi connectivity index (χ1v) is 14.0. The van der Waals surface area contributed by atoms with Crippen LogP contribution in [0.1, 0.15) is 44.2 Å². The minimum absolute atomic E-state index is 0.128. The molecule has 0 saturated carbocycles. The molecule has 0 radical (unpaired) electrons. The van der Waals surface area contributed by atoms with Crippen LogP contribution in [0.15, 0.2) is 54.6 Å². The van der Waals surface area contributed by atoms with Crippen molar-refractivity contribution in [3.05, 3.63) is 65.7 Å². The first-order valence-electron chi connectivity index (χ1n) is 12.1. The van der Waals surface area contributed by atoms with Gasteiger partial charge in [0.15, 0.2) is 0 Å². The first kappa shape index (κ1) is 30.1. The van der Waals surface area contributed by atoms with Crippen LogP contribution in [0.5, 0.6) is 0 Å². The maximum atomic E-state index is 13.5. The van der Waals surface area contributed by atoms with Gasteiger partial charge in [-0.15, -0.1) is 0 Å². The number of benzene rings is 2. The molecule has 11 heteroatoms. The quantitative estimate of drug-likeness (QED) is 0.385. The number of hydrogen-bond acceptors (Lipinski definition) is 4. The Labute approximate surface area is 216 Å². The lowest BCUT2D eigenvalue weighted by atomic mass is 10.1. The van der Waals surface area contributed by atoms with Crippen molar-refractivity contribution in [3.8, 4) is 0 Å². The summed E-state index contributed by atoms with van der Waals surface area (Å²) >= 11 is 0. The first-order chi connectivity index (χ1) is 17.4. The Morgan fingerprint density at radius 2 is 1.70 bits per heavy atom. The Morgan fingerprint density at radius 3 is 2.27 bits per heavy atom. The lowest BCUT2D eigenvalue weighted by Gasteiger charge is -2.33. The molecule has 0 unspecified atom stereocenters. The minimum Gasteiger partial charge on any atom is -0.354 e. The van der Waals surface area contributed by atoms with Gasteiger partial charge in [0.2, 0.25) is 21.8 Å². The number of amides is 2. The second-order valence-electron chi connectivity index (χ2n) is 8.71. The number of hydrogen-bond donors (Lipinski definition) is 1. The van der Waals surface area contributed by atoms with Gasteiger partial charge in [-0.3, -0.25) is 13.9 Å². The van der Waals surface area contributed by atoms with Gasteiger partial charge >= 0.3 is 6.18 Å². The van der Waals surface area contributed by atoms with Gasteiger partial charge in [-0.2, -0.15) is 13.2 Å². The Bertz CT molecular complexity index is 1140. The number of rotatable bonds is 13. The van der Waals surface area contributed by atoms with E-state index in [0.717, 1.165) is 36.8 Å². The molecule has 0 aliphatic heterocycles. The lowest BCUT2D eigenvalue weighted by molar-refractivity contribution is -0.139. The third kappa shape index (κ3) is 9.07. The van der Waals surface area contributed by atoms with Gasteiger partial charge < -0.3 is 10.2 Å². The number of sulfonamides is 1. The van der Waals surface area contributed by atoms with E-state index in [1.807, 2.05) is 37.3 Å². The largest absolute Gasteiger partial charge is 0.416 e. The van der Waals surface area contributed by atoms with E-state index in [1.54, 1.807) is 6.92 Å². The predicted molar refractivity (Wildman–Crippen MR) is 137 cm³/mol. The molecular weight excluding hydrogens is 507 g/mol. The summed E-state index contributed by atoms with van der Waals surface area (Å²) in [6.07, 6.45) is -1.54. The maximum absolute atomic E-state index is 13.5. The van der Waals surface area contributed by atoms with E-state index in [1.165, 1.54) is 11.0 Å². The van der Waals surface area contributed by atoms with Gasteiger partial charge in [0.25, 0.3) is 0 Å². The van der Waals surface area contributed by atoms with Gasteiger partial charge in [-0.1, -0.05) is 56.7 Å². The second-order valence-corrected chi connectivity index (χ2v) is 10.6. The highest BCUT2D eigenvalue weighted by Crippen LogP contribution is 2.32. The van der Waals surface area contributed by atoms with Crippen molar-refractivity contribution in [2.24, 2.45) is 0 Å². The zero-order chi connectivity index (χ0) is 27.6. The van der Waals surface area contributed by atoms with E-state index in [2.05, 4.69) is 5.32 Å². The average molecular weight is 542 g/mol. The van der Waals surface area contributed by atoms with Crippen molar-refractivity contribution >= 4 is 27.5 Å². The molecular formula is C26H34F3N3O4S. The summed E-state index contributed by atoms with van der Waals surface area (Å²) in [6.45, 7) is 3.55. The van der Waals surface area contributed by atoms with E-state index in [9.17, 15) is 31.2 Å². The highest BCUT2D eigenvalue weighted by atomic mass is 32.2. The fourth-order valence-electron chi connectivity index (χ4n) is 3.85. The van der Waals surface area contributed by atoms with Gasteiger partial charge in [-0.25, -0.2) is 8.42 Å². The number of nitrogens with one attached hydrogen (secondary N) is 1. The van der Waals surface area contributed by atoms with Crippen LogP contribution in [0.2, 0.25) is 0 Å². The third-order valence-electron chi connectivity index (χ3n) is 5.84. The molecule has 1 atom stereocenters. The SMILES string of the molecule is CCCCNC(=O)[C@@H](CC)N(CCc1ccccc1)C(=O)CN(c1cccc(C(F)(F)F)c1)S(C)(=O)=O. The molecule has 0 aliphatic carbocycles. The topological polar surface area (TPSA) is 86.8 Å². The molecule has 204 valence electrons. The molecule has 0 saturated heterocycles. The van der Waals surface area contributed by atoms with Crippen LogP contribution in [-0.4, -0.2) is 57.1 Å². The number of anilines is 1. The summed E-state index contributed by atoms with van der Waals surface area (Å²) in [6, 6.07) is 12.2. The Kier molecular flexibility index (Phi) is 11.0. The molecule has 0 heterocycles. The summed E-state index contributed by atoms with van der Waals surface area (Å²) in [5.74, 6) is -1.04. The maximum Gasteiger partial charge on any atom is 0.416 e. The summed E-state index contributed by atoms with van der Waals surface area (Å²) in [7, 11) is -4.13. The fourth-order valence-corrected chi connectivity index (χ4v) is 4.69. The molecule has 0 aliphatic rings. The van der Waals surface area contributed by atoms with Crippen LogP contribution in [0, 0.1) is 0 Å². The van der Waals surface area contributed by atoms with Crippen LogP contribution in [0.3, 0.4) is 0 Å². The molecule has 0 bridgehead atoms. The van der Waals surface area contributed by atoms with Crippen LogP contribution in [0.4, 0.5) is 18.9 Å². The van der Waals surface area contributed by atoms with E-state index in [4.69, 9.17) is 0 Å². The van der Waals surface area contributed by atoms with Crippen LogP contribution in [-0.2, 0) is 32.2 Å². The summed E-state index contributed by atoms with van der Waals surface area (Å²) < 4.78 is 65.6. The monoisotopic (exact) mass is 541 g/mol. The van der Waals surface area contributed by atoms with Crippen molar-refractivity contribution in [3.63, 3.8) is 0 Å². The van der Waals surface area contributed by atoms with Crippen LogP contribution in [0.25, 0.3) is 0 Å². The Balaban J connectivity index is 2.38. The van der Waals surface area contributed by atoms with Crippen molar-refractivity contribution in [2.75, 3.05) is 30.2 Å². The molecule has 7 nitrogen and oxygen atoms in total. The number of carbonyl (C=O) groups excluding carboxylic acids is 2. The number of carbonyl (C=O) groups is 2. The molecule has 37 heavy (non-hydrogen) atoms. The van der Waals surface area contributed by atoms with Gasteiger partial charge in [0, 0.05) is 13.1 Å². The zero-order valence-corrected chi connectivity index (χ0v) is 22.1. The van der Waals surface area contributed by atoms with E-state index in [-0.39, 0.29) is 24.6 Å². The molecule has 0 aromatic heterocycles. The molecule has 0 spiro atoms. The highest BCUT2D eigenvalue weighted by molar-refractivity contribution is 7.92. The minimum atomic E-state index is -4.69. The third-order valence-corrected chi connectivity index (χ3v) is 6.98. The number of unbranched alkanes of at least 4 members (excludes halogenated alkanes) is 1. The Morgan fingerprint density at radius 1 is 1.03 bits per heavy atom. The summed E-state index contributed by atoms with van der Waals surface area (Å²) in [5, 5.41) is 2.82. The summed E-state index contributed by atoms with van der Waals surface area (Å²) in [4.78, 5) is 27.8. The number of halogens is 3. The van der Waals surface area contributed by atoms with Crippen LogP contribution >= 0.6 is 0 Å². The standard InChI is InChI=1S/C26H34F3N3O4S/c1-4-6-16-30-25(34)23(5-2)31(17-15-20-11-8-7-9-12-20)24(33)19-32(37(3,35)36)22-14-10-13-21(18-22)26(27,28)29/h7-14,18,23H,4-6,15-17,19H2,1-3H3,(H,30,34)/t23-/m1/s1. The number of alkyl halides is 3. The van der Waals surface area contributed by atoms with Crippen molar-refractivity contribution in [2.45, 2.75) is 51.7 Å². The van der Waals surface area contributed by atoms with Crippen molar-refractivity contribution in [1.82, 2.24) is 10.2 Å². The molecule has 1 N–H and O–H groups in total. The molecule has 2 aromatic carbocycles. The van der Waals surface area contributed by atoms with Gasteiger partial charge in [0.1, 0.15) is 12.6 Å². The second kappa shape index (κ2) is 13.5. The Hall–Kier alpha value is -3.08. The van der Waals surface area contributed by atoms with E-state index < -0.39 is 40.3 Å². The molecule has 2 aromatic rings. The fraction of sp³-hybridized carbons (Fsp3) is 0.462. The summed E-state index contributed by atoms with van der Waals surface area (Å²) in [5.41, 5.74) is -0.401. The van der Waals surface area contributed by atoms with Crippen LogP contribution < -0.4 is 9.62 Å². The van der Waals surface area contributed by atoms with E-state index >= 15 is 0 Å². The predicted octanol–water partition coefficient (Wildman–Crippen LogP) is 4.24. The number of nitrogens with zero attached hydrogens (tertiary/aromatic N) is 2. The smallest absolute Gasteiger partial charge is 0.354 e. The van der Waals surface area contributed by atoms with E-state index in [0.29, 0.717) is 23.3 Å². The molecule has 2 rings (SSSR count). The van der Waals surface area contributed by atoms with Gasteiger partial charge in [-0.05, 0) is 43.0 Å². The van der Waals surface area contributed by atoms with Crippen molar-refractivity contribution < 1.29 is 31.2 Å². The highest BCUT2D eigenvalue weighted by Gasteiger charge is 2.34.